The number of phenols is 1. The number of alkyl halides is 1. The molecule has 1 aliphatic rings. The fourth-order valence-electron chi connectivity index (χ4n) is 2.41. The van der Waals surface area contributed by atoms with E-state index < -0.39 is 0 Å². The minimum Gasteiger partial charge on any atom is -0.508 e. The summed E-state index contributed by atoms with van der Waals surface area (Å²) in [7, 11) is 2.14. The van der Waals surface area contributed by atoms with E-state index in [4.69, 9.17) is 11.6 Å². The highest BCUT2D eigenvalue weighted by Gasteiger charge is 2.21. The van der Waals surface area contributed by atoms with Gasteiger partial charge in [0.15, 0.2) is 0 Å². The summed E-state index contributed by atoms with van der Waals surface area (Å²) in [6, 6.07) is 6.32. The van der Waals surface area contributed by atoms with Gasteiger partial charge in [0.05, 0.1) is 0 Å². The maximum Gasteiger partial charge on any atom is 0.115 e. The highest BCUT2D eigenvalue weighted by atomic mass is 35.5. The van der Waals surface area contributed by atoms with Crippen molar-refractivity contribution in [2.45, 2.75) is 25.3 Å². The molecule has 96 valence electrons. The molecule has 4 heteroatoms. The van der Waals surface area contributed by atoms with Gasteiger partial charge < -0.3 is 10.0 Å². The van der Waals surface area contributed by atoms with Crippen molar-refractivity contribution in [2.24, 2.45) is 0 Å². The van der Waals surface area contributed by atoms with E-state index in [2.05, 4.69) is 11.9 Å². The molecule has 1 aromatic carbocycles. The highest BCUT2D eigenvalue weighted by molar-refractivity contribution is 6.18. The van der Waals surface area contributed by atoms with Gasteiger partial charge in [-0.1, -0.05) is 6.07 Å². The minimum absolute atomic E-state index is 0. The van der Waals surface area contributed by atoms with E-state index in [9.17, 15) is 5.11 Å². The first-order chi connectivity index (χ1) is 7.70. The van der Waals surface area contributed by atoms with Gasteiger partial charge in [0.25, 0.3) is 0 Å². The van der Waals surface area contributed by atoms with Crippen LogP contribution < -0.4 is 0 Å². The first-order valence-corrected chi connectivity index (χ1v) is 6.31. The zero-order valence-corrected chi connectivity index (χ0v) is 11.6. The molecular weight excluding hydrogens is 257 g/mol. The molecule has 0 heterocycles. The van der Waals surface area contributed by atoms with E-state index in [-0.39, 0.29) is 12.4 Å². The van der Waals surface area contributed by atoms with Gasteiger partial charge in [-0.3, -0.25) is 0 Å². The summed E-state index contributed by atoms with van der Waals surface area (Å²) in [5.41, 5.74) is 2.67. The zero-order chi connectivity index (χ0) is 11.5. The monoisotopic (exact) mass is 275 g/mol. The Labute approximate surface area is 114 Å². The summed E-state index contributed by atoms with van der Waals surface area (Å²) in [4.78, 5) is 2.34. The van der Waals surface area contributed by atoms with E-state index in [1.165, 1.54) is 11.1 Å². The van der Waals surface area contributed by atoms with Crippen LogP contribution in [0.5, 0.6) is 5.75 Å². The molecule has 1 aliphatic carbocycles. The quantitative estimate of drug-likeness (QED) is 0.858. The predicted octanol–water partition coefficient (Wildman–Crippen LogP) is 2.84. The Morgan fingerprint density at radius 3 is 2.88 bits per heavy atom. The van der Waals surface area contributed by atoms with Crippen molar-refractivity contribution in [3.63, 3.8) is 0 Å². The van der Waals surface area contributed by atoms with Gasteiger partial charge in [0.2, 0.25) is 0 Å². The van der Waals surface area contributed by atoms with E-state index in [1.54, 1.807) is 6.07 Å². The molecule has 0 aliphatic heterocycles. The molecule has 0 saturated carbocycles. The number of aryl methyl sites for hydroxylation is 1. The Bertz CT molecular complexity index is 370. The fraction of sp³-hybridized carbons (Fsp3) is 0.538. The predicted molar refractivity (Wildman–Crippen MR) is 74.5 cm³/mol. The van der Waals surface area contributed by atoms with Crippen LogP contribution >= 0.6 is 24.0 Å². The lowest BCUT2D eigenvalue weighted by molar-refractivity contribution is 0.234. The molecule has 0 fully saturated rings. The Morgan fingerprint density at radius 2 is 2.18 bits per heavy atom. The van der Waals surface area contributed by atoms with Crippen molar-refractivity contribution in [2.75, 3.05) is 19.5 Å². The zero-order valence-electron chi connectivity index (χ0n) is 10.0. The molecule has 0 aromatic heterocycles. The second-order valence-corrected chi connectivity index (χ2v) is 4.90. The van der Waals surface area contributed by atoms with Crippen molar-refractivity contribution in [3.8, 4) is 5.75 Å². The van der Waals surface area contributed by atoms with Crippen LogP contribution in [0.2, 0.25) is 0 Å². The number of nitrogens with zero attached hydrogens (tertiary/aromatic N) is 1. The average Bonchev–Trinajstić information content (AvgIpc) is 2.28. The highest BCUT2D eigenvalue weighted by Crippen LogP contribution is 2.26. The first-order valence-electron chi connectivity index (χ1n) is 5.77. The third kappa shape index (κ3) is 3.51. The molecule has 1 N–H and O–H groups in total. The molecule has 0 amide bonds. The molecule has 2 nitrogen and oxygen atoms in total. The fourth-order valence-corrected chi connectivity index (χ4v) is 2.68. The number of fused-ring (bicyclic) bond motifs is 1. The number of rotatable bonds is 3. The Kier molecular flexibility index (Phi) is 5.57. The molecular formula is C13H19Cl2NO. The Morgan fingerprint density at radius 1 is 1.41 bits per heavy atom. The maximum absolute atomic E-state index is 9.42. The summed E-state index contributed by atoms with van der Waals surface area (Å²) in [6.45, 7) is 0.944. The number of aromatic hydroxyl groups is 1. The van der Waals surface area contributed by atoms with Crippen molar-refractivity contribution < 1.29 is 5.11 Å². The van der Waals surface area contributed by atoms with Crippen molar-refractivity contribution in [1.82, 2.24) is 4.90 Å². The van der Waals surface area contributed by atoms with Crippen molar-refractivity contribution >= 4 is 24.0 Å². The van der Waals surface area contributed by atoms with Gasteiger partial charge in [0, 0.05) is 18.5 Å². The van der Waals surface area contributed by atoms with Gasteiger partial charge >= 0.3 is 0 Å². The van der Waals surface area contributed by atoms with Crippen LogP contribution in [-0.2, 0) is 12.8 Å². The van der Waals surface area contributed by atoms with E-state index in [1.807, 2.05) is 12.1 Å². The molecule has 2 rings (SSSR count). The Hall–Kier alpha value is -0.440. The van der Waals surface area contributed by atoms with Crippen LogP contribution in [0.25, 0.3) is 0 Å². The summed E-state index contributed by atoms with van der Waals surface area (Å²) in [5.74, 6) is 1.07. The van der Waals surface area contributed by atoms with Gasteiger partial charge in [0.1, 0.15) is 5.75 Å². The van der Waals surface area contributed by atoms with Gasteiger partial charge in [-0.15, -0.1) is 24.0 Å². The number of likely N-dealkylation sites (N-methyl/N-ethyl adjacent to an activating group) is 1. The molecule has 0 bridgehead atoms. The lowest BCUT2D eigenvalue weighted by Crippen LogP contribution is -2.37. The largest absolute Gasteiger partial charge is 0.508 e. The van der Waals surface area contributed by atoms with E-state index in [0.717, 1.165) is 25.8 Å². The van der Waals surface area contributed by atoms with Crippen LogP contribution in [-0.4, -0.2) is 35.5 Å². The first kappa shape index (κ1) is 14.6. The summed E-state index contributed by atoms with van der Waals surface area (Å²) < 4.78 is 0. The van der Waals surface area contributed by atoms with E-state index >= 15 is 0 Å². The summed E-state index contributed by atoms with van der Waals surface area (Å²) in [6.07, 6.45) is 3.29. The molecule has 1 atom stereocenters. The second-order valence-electron chi connectivity index (χ2n) is 4.52. The number of phenolic OH excluding ortho intramolecular Hbond substituents is 1. The lowest BCUT2D eigenvalue weighted by Gasteiger charge is -2.32. The van der Waals surface area contributed by atoms with Crippen LogP contribution in [0.4, 0.5) is 0 Å². The molecule has 0 saturated heterocycles. The average molecular weight is 276 g/mol. The van der Waals surface area contributed by atoms with Gasteiger partial charge in [-0.2, -0.15) is 0 Å². The number of hydrogen-bond acceptors (Lipinski definition) is 2. The van der Waals surface area contributed by atoms with Crippen molar-refractivity contribution in [1.29, 1.82) is 0 Å². The molecule has 1 aromatic rings. The normalized spacial score (nSPS) is 18.6. The number of benzene rings is 1. The number of halogens is 2. The third-order valence-corrected chi connectivity index (χ3v) is 3.62. The summed E-state index contributed by atoms with van der Waals surface area (Å²) in [5, 5.41) is 9.42. The third-order valence-electron chi connectivity index (χ3n) is 3.45. The van der Waals surface area contributed by atoms with Gasteiger partial charge in [-0.25, -0.2) is 0 Å². The molecule has 0 spiro atoms. The topological polar surface area (TPSA) is 23.5 Å². The molecule has 1 unspecified atom stereocenters. The minimum atomic E-state index is 0. The molecule has 0 radical (unpaired) electrons. The SMILES string of the molecule is CN(CCCl)C1CCc2cc(O)ccc2C1.Cl. The van der Waals surface area contributed by atoms with Gasteiger partial charge in [-0.05, 0) is 49.6 Å². The Balaban J connectivity index is 0.00000144. The maximum atomic E-state index is 9.42. The number of hydrogen-bond donors (Lipinski definition) is 1. The van der Waals surface area contributed by atoms with Crippen LogP contribution in [0.15, 0.2) is 18.2 Å². The molecule has 17 heavy (non-hydrogen) atoms. The van der Waals surface area contributed by atoms with E-state index in [0.29, 0.717) is 17.7 Å². The lowest BCUT2D eigenvalue weighted by atomic mass is 9.87. The summed E-state index contributed by atoms with van der Waals surface area (Å²) >= 11 is 5.76. The second kappa shape index (κ2) is 6.48. The van der Waals surface area contributed by atoms with Crippen LogP contribution in [0, 0.1) is 0 Å². The van der Waals surface area contributed by atoms with Crippen molar-refractivity contribution in [3.05, 3.63) is 29.3 Å². The standard InChI is InChI=1S/C13H18ClNO.ClH/c1-15(7-6-14)12-4-2-11-9-13(16)5-3-10(11)8-12;/h3,5,9,12,16H,2,4,6-8H2,1H3;1H. The smallest absolute Gasteiger partial charge is 0.115 e. The van der Waals surface area contributed by atoms with Crippen LogP contribution in [0.1, 0.15) is 17.5 Å². The van der Waals surface area contributed by atoms with Crippen LogP contribution in [0.3, 0.4) is 0 Å².